The van der Waals surface area contributed by atoms with Crippen LogP contribution in [0.1, 0.15) is 11.1 Å². The number of benzene rings is 3. The molecule has 0 amide bonds. The first-order chi connectivity index (χ1) is 12.7. The van der Waals surface area contributed by atoms with Gasteiger partial charge in [-0.15, -0.1) is 0 Å². The van der Waals surface area contributed by atoms with Gasteiger partial charge in [-0.1, -0.05) is 24.3 Å². The summed E-state index contributed by atoms with van der Waals surface area (Å²) in [7, 11) is 3.19. The average molecular weight is 348 g/mol. The van der Waals surface area contributed by atoms with Crippen LogP contribution >= 0.6 is 0 Å². The first-order valence-corrected chi connectivity index (χ1v) is 8.54. The van der Waals surface area contributed by atoms with Gasteiger partial charge in [-0.25, -0.2) is 0 Å². The second-order valence-electron chi connectivity index (χ2n) is 6.23. The summed E-state index contributed by atoms with van der Waals surface area (Å²) in [5.74, 6) is 2.68. The number of rotatable bonds is 4. The molecule has 0 saturated carbocycles. The average Bonchev–Trinajstić information content (AvgIpc) is 2.68. The molecule has 4 nitrogen and oxygen atoms in total. The second kappa shape index (κ2) is 6.64. The van der Waals surface area contributed by atoms with Gasteiger partial charge in [0, 0.05) is 5.56 Å². The molecule has 1 aliphatic rings. The molecule has 4 heteroatoms. The van der Waals surface area contributed by atoms with Crippen LogP contribution in [0.4, 0.5) is 0 Å². The van der Waals surface area contributed by atoms with Crippen molar-refractivity contribution in [1.29, 1.82) is 0 Å². The van der Waals surface area contributed by atoms with E-state index in [1.807, 2.05) is 42.5 Å². The first-order valence-electron chi connectivity index (χ1n) is 8.54. The molecular formula is C22H20O4. The Kier molecular flexibility index (Phi) is 4.17. The molecule has 1 N–H and O–H groups in total. The number of phenolic OH excluding ortho intramolecular Hbond substituents is 1. The Balaban J connectivity index is 1.92. The number of aromatic hydroxyl groups is 1. The summed E-state index contributed by atoms with van der Waals surface area (Å²) in [4.78, 5) is 0. The third-order valence-corrected chi connectivity index (χ3v) is 4.73. The fourth-order valence-corrected chi connectivity index (χ4v) is 3.46. The van der Waals surface area contributed by atoms with E-state index >= 15 is 0 Å². The maximum Gasteiger partial charge on any atom is 0.177 e. The van der Waals surface area contributed by atoms with Crippen LogP contribution in [0, 0.1) is 0 Å². The topological polar surface area (TPSA) is 47.9 Å². The predicted octanol–water partition coefficient (Wildman–Crippen LogP) is 4.97. The molecule has 0 bridgehead atoms. The number of methoxy groups -OCH3 is 2. The minimum absolute atomic E-state index is 0.118. The highest BCUT2D eigenvalue weighted by atomic mass is 16.5. The molecule has 132 valence electrons. The molecule has 4 rings (SSSR count). The van der Waals surface area contributed by atoms with Crippen molar-refractivity contribution >= 4 is 0 Å². The smallest absolute Gasteiger partial charge is 0.177 e. The van der Waals surface area contributed by atoms with Crippen LogP contribution in [0.2, 0.25) is 0 Å². The Hall–Kier alpha value is -3.14. The molecule has 0 saturated heterocycles. The number of fused-ring (bicyclic) bond motifs is 3. The summed E-state index contributed by atoms with van der Waals surface area (Å²) < 4.78 is 17.0. The standard InChI is InChI=1S/C22H20O4/c1-24-19-11-10-14-8-9-15-12-20(25-2)18(23)13-17(15)21(14)22(19)26-16-6-4-3-5-7-16/h3-7,10-13,23H,8-9H2,1-2H3. The van der Waals surface area contributed by atoms with E-state index in [0.717, 1.165) is 35.3 Å². The highest BCUT2D eigenvalue weighted by Crippen LogP contribution is 2.48. The fraction of sp³-hybridized carbons (Fsp3) is 0.182. The molecule has 0 radical (unpaired) electrons. The molecule has 1 aliphatic carbocycles. The van der Waals surface area contributed by atoms with Gasteiger partial charge in [0.25, 0.3) is 0 Å². The first kappa shape index (κ1) is 16.3. The van der Waals surface area contributed by atoms with E-state index in [1.165, 1.54) is 5.56 Å². The maximum absolute atomic E-state index is 10.3. The van der Waals surface area contributed by atoms with Gasteiger partial charge >= 0.3 is 0 Å². The molecule has 0 aliphatic heterocycles. The van der Waals surface area contributed by atoms with Crippen molar-refractivity contribution in [2.24, 2.45) is 0 Å². The molecular weight excluding hydrogens is 328 g/mol. The Labute approximate surface area is 152 Å². The van der Waals surface area contributed by atoms with Gasteiger partial charge < -0.3 is 19.3 Å². The van der Waals surface area contributed by atoms with E-state index in [0.29, 0.717) is 17.2 Å². The molecule has 0 spiro atoms. The van der Waals surface area contributed by atoms with Crippen molar-refractivity contribution < 1.29 is 19.3 Å². The van der Waals surface area contributed by atoms with Crippen molar-refractivity contribution in [2.75, 3.05) is 14.2 Å². The lowest BCUT2D eigenvalue weighted by Crippen LogP contribution is -2.07. The molecule has 3 aromatic rings. The zero-order valence-corrected chi connectivity index (χ0v) is 14.8. The van der Waals surface area contributed by atoms with Crippen molar-refractivity contribution in [3.8, 4) is 39.9 Å². The van der Waals surface area contributed by atoms with E-state index < -0.39 is 0 Å². The highest BCUT2D eigenvalue weighted by Gasteiger charge is 2.25. The molecule has 0 fully saturated rings. The van der Waals surface area contributed by atoms with Crippen LogP contribution in [-0.2, 0) is 12.8 Å². The summed E-state index contributed by atoms with van der Waals surface area (Å²) in [6.45, 7) is 0. The number of hydrogen-bond acceptors (Lipinski definition) is 4. The number of ether oxygens (including phenoxy) is 3. The van der Waals surface area contributed by atoms with Gasteiger partial charge in [-0.3, -0.25) is 0 Å². The maximum atomic E-state index is 10.3. The predicted molar refractivity (Wildman–Crippen MR) is 101 cm³/mol. The second-order valence-corrected chi connectivity index (χ2v) is 6.23. The van der Waals surface area contributed by atoms with Gasteiger partial charge in [0.2, 0.25) is 0 Å². The van der Waals surface area contributed by atoms with Gasteiger partial charge in [0.15, 0.2) is 23.0 Å². The third kappa shape index (κ3) is 2.73. The summed E-state index contributed by atoms with van der Waals surface area (Å²) in [5.41, 5.74) is 4.22. The van der Waals surface area contributed by atoms with E-state index in [4.69, 9.17) is 14.2 Å². The van der Waals surface area contributed by atoms with Crippen molar-refractivity contribution in [3.05, 3.63) is 65.7 Å². The largest absolute Gasteiger partial charge is 0.504 e. The van der Waals surface area contributed by atoms with E-state index in [-0.39, 0.29) is 5.75 Å². The molecule has 26 heavy (non-hydrogen) atoms. The van der Waals surface area contributed by atoms with Crippen molar-refractivity contribution in [1.82, 2.24) is 0 Å². The van der Waals surface area contributed by atoms with Crippen LogP contribution in [0.5, 0.6) is 28.7 Å². The number of para-hydroxylation sites is 1. The quantitative estimate of drug-likeness (QED) is 0.723. The van der Waals surface area contributed by atoms with Gasteiger partial charge in [-0.05, 0) is 59.9 Å². The molecule has 0 heterocycles. The van der Waals surface area contributed by atoms with Crippen LogP contribution < -0.4 is 14.2 Å². The lowest BCUT2D eigenvalue weighted by Gasteiger charge is -2.25. The van der Waals surface area contributed by atoms with Gasteiger partial charge in [0.1, 0.15) is 5.75 Å². The number of hydrogen-bond donors (Lipinski definition) is 1. The lowest BCUT2D eigenvalue weighted by molar-refractivity contribution is 0.372. The van der Waals surface area contributed by atoms with Crippen LogP contribution in [-0.4, -0.2) is 19.3 Å². The Bertz CT molecular complexity index is 948. The third-order valence-electron chi connectivity index (χ3n) is 4.73. The van der Waals surface area contributed by atoms with Gasteiger partial charge in [0.05, 0.1) is 14.2 Å². The summed E-state index contributed by atoms with van der Waals surface area (Å²) in [6.07, 6.45) is 1.78. The number of aryl methyl sites for hydroxylation is 2. The van der Waals surface area contributed by atoms with Crippen molar-refractivity contribution in [3.63, 3.8) is 0 Å². The Morgan fingerprint density at radius 1 is 0.808 bits per heavy atom. The fourth-order valence-electron chi connectivity index (χ4n) is 3.46. The molecule has 0 unspecified atom stereocenters. The Morgan fingerprint density at radius 2 is 1.54 bits per heavy atom. The number of phenols is 1. The van der Waals surface area contributed by atoms with E-state index in [2.05, 4.69) is 6.07 Å². The normalized spacial score (nSPS) is 12.1. The zero-order chi connectivity index (χ0) is 18.1. The van der Waals surface area contributed by atoms with Crippen LogP contribution in [0.25, 0.3) is 11.1 Å². The summed E-state index contributed by atoms with van der Waals surface area (Å²) >= 11 is 0. The molecule has 0 aromatic heterocycles. The molecule has 3 aromatic carbocycles. The lowest BCUT2D eigenvalue weighted by atomic mass is 9.84. The van der Waals surface area contributed by atoms with E-state index in [9.17, 15) is 5.11 Å². The van der Waals surface area contributed by atoms with Crippen LogP contribution in [0.3, 0.4) is 0 Å². The minimum Gasteiger partial charge on any atom is -0.504 e. The zero-order valence-electron chi connectivity index (χ0n) is 14.8. The Morgan fingerprint density at radius 3 is 2.27 bits per heavy atom. The van der Waals surface area contributed by atoms with Gasteiger partial charge in [-0.2, -0.15) is 0 Å². The monoisotopic (exact) mass is 348 g/mol. The minimum atomic E-state index is 0.118. The van der Waals surface area contributed by atoms with E-state index in [1.54, 1.807) is 20.3 Å². The van der Waals surface area contributed by atoms with Crippen molar-refractivity contribution in [2.45, 2.75) is 12.8 Å². The summed E-state index contributed by atoms with van der Waals surface area (Å²) in [5, 5.41) is 10.3. The summed E-state index contributed by atoms with van der Waals surface area (Å²) in [6, 6.07) is 17.3. The highest BCUT2D eigenvalue weighted by molar-refractivity contribution is 5.83. The SMILES string of the molecule is COc1cc2c(cc1O)-c1c(ccc(OC)c1Oc1ccccc1)CC2. The van der Waals surface area contributed by atoms with Crippen LogP contribution in [0.15, 0.2) is 54.6 Å². The molecule has 0 atom stereocenters.